The van der Waals surface area contributed by atoms with E-state index in [0.717, 1.165) is 19.3 Å². The third-order valence-electron chi connectivity index (χ3n) is 5.55. The molecule has 0 radical (unpaired) electrons. The van der Waals surface area contributed by atoms with Gasteiger partial charge in [-0.15, -0.1) is 0 Å². The van der Waals surface area contributed by atoms with Crippen molar-refractivity contribution in [2.75, 3.05) is 19.8 Å². The number of halogens is 1. The molecule has 0 aromatic heterocycles. The molecule has 2 aromatic carbocycles. The molecule has 0 atom stereocenters. The van der Waals surface area contributed by atoms with Crippen LogP contribution < -0.4 is 5.32 Å². The molecular weight excluding hydrogens is 381 g/mol. The summed E-state index contributed by atoms with van der Waals surface area (Å²) in [6.45, 7) is 3.44. The van der Waals surface area contributed by atoms with Gasteiger partial charge in [-0.3, -0.25) is 4.79 Å². The fourth-order valence-electron chi connectivity index (χ4n) is 3.54. The summed E-state index contributed by atoms with van der Waals surface area (Å²) >= 11 is 0. The molecule has 1 heterocycles. The summed E-state index contributed by atoms with van der Waals surface area (Å²) in [7, 11) is 0. The van der Waals surface area contributed by atoms with Crippen molar-refractivity contribution < 1.29 is 18.7 Å². The molecular formula is C25H26FNO3. The Morgan fingerprint density at radius 1 is 1.07 bits per heavy atom. The van der Waals surface area contributed by atoms with Gasteiger partial charge < -0.3 is 14.8 Å². The first-order chi connectivity index (χ1) is 14.5. The molecule has 1 saturated heterocycles. The van der Waals surface area contributed by atoms with Crippen LogP contribution in [0.25, 0.3) is 0 Å². The fourth-order valence-corrected chi connectivity index (χ4v) is 3.54. The van der Waals surface area contributed by atoms with E-state index in [1.165, 1.54) is 6.07 Å². The Labute approximate surface area is 176 Å². The molecule has 0 aliphatic carbocycles. The highest BCUT2D eigenvalue weighted by atomic mass is 19.1. The molecule has 0 unspecified atom stereocenters. The lowest BCUT2D eigenvalue weighted by atomic mass is 9.76. The summed E-state index contributed by atoms with van der Waals surface area (Å²) in [6.07, 6.45) is 2.96. The molecule has 4 nitrogen and oxygen atoms in total. The number of carbonyl (C=O) groups excluding carboxylic acids is 2. The molecule has 1 amide bonds. The van der Waals surface area contributed by atoms with E-state index in [1.54, 1.807) is 49.4 Å². The Balaban J connectivity index is 1.61. The van der Waals surface area contributed by atoms with E-state index in [9.17, 15) is 14.0 Å². The lowest BCUT2D eigenvalue weighted by molar-refractivity contribution is -0.118. The normalized spacial score (nSPS) is 15.0. The minimum atomic E-state index is -0.354. The number of nitrogens with one attached hydrogen (secondary N) is 1. The van der Waals surface area contributed by atoms with Gasteiger partial charge in [-0.1, -0.05) is 24.0 Å². The van der Waals surface area contributed by atoms with Gasteiger partial charge in [0.25, 0.3) is 5.91 Å². The van der Waals surface area contributed by atoms with Crippen LogP contribution in [0.5, 0.6) is 0 Å². The Morgan fingerprint density at radius 2 is 1.77 bits per heavy atom. The summed E-state index contributed by atoms with van der Waals surface area (Å²) in [5.74, 6) is 5.38. The molecule has 156 valence electrons. The lowest BCUT2D eigenvalue weighted by Gasteiger charge is -2.37. The van der Waals surface area contributed by atoms with Crippen molar-refractivity contribution in [3.05, 3.63) is 71.0 Å². The van der Waals surface area contributed by atoms with E-state index >= 15 is 0 Å². The Kier molecular flexibility index (Phi) is 7.37. The first-order valence-electron chi connectivity index (χ1n) is 10.2. The van der Waals surface area contributed by atoms with Gasteiger partial charge in [0, 0.05) is 37.3 Å². The number of hydrogen-bond acceptors (Lipinski definition) is 3. The quantitative estimate of drug-likeness (QED) is 0.733. The lowest BCUT2D eigenvalue weighted by Crippen LogP contribution is -2.41. The summed E-state index contributed by atoms with van der Waals surface area (Å²) in [5.41, 5.74) is 1.49. The molecule has 1 fully saturated rings. The standard InChI is InChI=1S/C25H26FNO3/c1-19(28)12-13-25(14-16-30-17-15-25)18-27-24(29)22-10-7-20(8-11-22)6-9-21-4-2-3-5-23(21)26/h2-5,7-8,10-11H,12-18H2,1H3,(H,27,29). The minimum absolute atomic E-state index is 0.0925. The topological polar surface area (TPSA) is 55.4 Å². The zero-order chi connectivity index (χ0) is 21.4. The van der Waals surface area contributed by atoms with Crippen LogP contribution in [0.3, 0.4) is 0 Å². The highest BCUT2D eigenvalue weighted by Crippen LogP contribution is 2.35. The number of Topliss-reactive ketones (excluding diaryl/α,β-unsaturated/α-hetero) is 1. The van der Waals surface area contributed by atoms with Gasteiger partial charge in [-0.2, -0.15) is 0 Å². The number of hydrogen-bond donors (Lipinski definition) is 1. The zero-order valence-corrected chi connectivity index (χ0v) is 17.2. The van der Waals surface area contributed by atoms with Crippen LogP contribution in [0, 0.1) is 23.1 Å². The van der Waals surface area contributed by atoms with Gasteiger partial charge in [0.15, 0.2) is 0 Å². The second kappa shape index (κ2) is 10.2. The average Bonchev–Trinajstić information content (AvgIpc) is 2.77. The molecule has 0 spiro atoms. The van der Waals surface area contributed by atoms with Crippen LogP contribution in [0.1, 0.15) is 54.1 Å². The summed E-state index contributed by atoms with van der Waals surface area (Å²) in [4.78, 5) is 24.0. The second-order valence-electron chi connectivity index (χ2n) is 7.80. The largest absolute Gasteiger partial charge is 0.381 e. The maximum absolute atomic E-state index is 13.6. The van der Waals surface area contributed by atoms with Crippen molar-refractivity contribution in [2.24, 2.45) is 5.41 Å². The van der Waals surface area contributed by atoms with E-state index in [2.05, 4.69) is 17.2 Å². The summed E-state index contributed by atoms with van der Waals surface area (Å²) in [5, 5.41) is 3.03. The van der Waals surface area contributed by atoms with E-state index in [-0.39, 0.29) is 22.9 Å². The van der Waals surface area contributed by atoms with Gasteiger partial charge in [-0.05, 0) is 68.0 Å². The highest BCUT2D eigenvalue weighted by molar-refractivity contribution is 5.94. The van der Waals surface area contributed by atoms with Gasteiger partial charge in [0.2, 0.25) is 0 Å². The average molecular weight is 407 g/mol. The third kappa shape index (κ3) is 6.01. The van der Waals surface area contributed by atoms with E-state index in [1.807, 2.05) is 0 Å². The predicted octanol–water partition coefficient (Wildman–Crippen LogP) is 4.12. The fraction of sp³-hybridized carbons (Fsp3) is 0.360. The van der Waals surface area contributed by atoms with Crippen LogP contribution in [-0.2, 0) is 9.53 Å². The van der Waals surface area contributed by atoms with Crippen molar-refractivity contribution in [2.45, 2.75) is 32.6 Å². The van der Waals surface area contributed by atoms with E-state index in [4.69, 9.17) is 4.74 Å². The Morgan fingerprint density at radius 3 is 2.43 bits per heavy atom. The molecule has 2 aromatic rings. The third-order valence-corrected chi connectivity index (χ3v) is 5.55. The van der Waals surface area contributed by atoms with Crippen molar-refractivity contribution in [1.29, 1.82) is 0 Å². The van der Waals surface area contributed by atoms with Gasteiger partial charge in [-0.25, -0.2) is 4.39 Å². The maximum Gasteiger partial charge on any atom is 0.251 e. The van der Waals surface area contributed by atoms with Crippen molar-refractivity contribution in [3.63, 3.8) is 0 Å². The van der Waals surface area contributed by atoms with Crippen molar-refractivity contribution in [3.8, 4) is 11.8 Å². The van der Waals surface area contributed by atoms with Gasteiger partial charge in [0.05, 0.1) is 5.56 Å². The van der Waals surface area contributed by atoms with Crippen molar-refractivity contribution in [1.82, 2.24) is 5.32 Å². The monoisotopic (exact) mass is 407 g/mol. The van der Waals surface area contributed by atoms with E-state index in [0.29, 0.717) is 42.9 Å². The van der Waals surface area contributed by atoms with Gasteiger partial charge in [0.1, 0.15) is 11.6 Å². The first-order valence-corrected chi connectivity index (χ1v) is 10.2. The van der Waals surface area contributed by atoms with Gasteiger partial charge >= 0.3 is 0 Å². The first kappa shape index (κ1) is 21.7. The zero-order valence-electron chi connectivity index (χ0n) is 17.2. The molecule has 1 N–H and O–H groups in total. The molecule has 3 rings (SSSR count). The molecule has 1 aliphatic heterocycles. The second-order valence-corrected chi connectivity index (χ2v) is 7.80. The van der Waals surface area contributed by atoms with E-state index < -0.39 is 0 Å². The summed E-state index contributed by atoms with van der Waals surface area (Å²) < 4.78 is 19.1. The predicted molar refractivity (Wildman–Crippen MR) is 114 cm³/mol. The molecule has 1 aliphatic rings. The molecule has 30 heavy (non-hydrogen) atoms. The number of amides is 1. The number of ketones is 1. The number of benzene rings is 2. The Bertz CT molecular complexity index is 950. The van der Waals surface area contributed by atoms with Crippen LogP contribution >= 0.6 is 0 Å². The molecule has 5 heteroatoms. The number of carbonyl (C=O) groups is 2. The van der Waals surface area contributed by atoms with Crippen LogP contribution in [0.2, 0.25) is 0 Å². The SMILES string of the molecule is CC(=O)CCC1(CNC(=O)c2ccc(C#Cc3ccccc3F)cc2)CCOCC1. The van der Waals surface area contributed by atoms with Crippen LogP contribution in [0.4, 0.5) is 4.39 Å². The highest BCUT2D eigenvalue weighted by Gasteiger charge is 2.33. The Hall–Kier alpha value is -2.97. The number of ether oxygens (including phenoxy) is 1. The van der Waals surface area contributed by atoms with Crippen LogP contribution in [0.15, 0.2) is 48.5 Å². The minimum Gasteiger partial charge on any atom is -0.381 e. The number of rotatable bonds is 6. The van der Waals surface area contributed by atoms with Crippen molar-refractivity contribution >= 4 is 11.7 Å². The van der Waals surface area contributed by atoms with Crippen LogP contribution in [-0.4, -0.2) is 31.4 Å². The summed E-state index contributed by atoms with van der Waals surface area (Å²) in [6, 6.07) is 13.3. The molecule has 0 bridgehead atoms. The smallest absolute Gasteiger partial charge is 0.251 e. The molecule has 0 saturated carbocycles. The maximum atomic E-state index is 13.6.